The van der Waals surface area contributed by atoms with Gasteiger partial charge in [-0.3, -0.25) is 4.79 Å². The summed E-state index contributed by atoms with van der Waals surface area (Å²) in [6, 6.07) is 13.8. The van der Waals surface area contributed by atoms with Gasteiger partial charge in [0.15, 0.2) is 5.75 Å². The van der Waals surface area contributed by atoms with E-state index >= 15 is 0 Å². The molecule has 31 heavy (non-hydrogen) atoms. The minimum atomic E-state index is -0.502. The van der Waals surface area contributed by atoms with Crippen LogP contribution in [-0.2, 0) is 5.41 Å². The molecule has 7 heteroatoms. The third kappa shape index (κ3) is 3.46. The molecular formula is C24H21FN4O2. The Labute approximate surface area is 178 Å². The number of nitrogens with zero attached hydrogens (tertiary/aromatic N) is 3. The monoisotopic (exact) mass is 416 g/mol. The summed E-state index contributed by atoms with van der Waals surface area (Å²) in [4.78, 5) is 28.7. The fourth-order valence-corrected chi connectivity index (χ4v) is 4.22. The molecule has 2 heterocycles. The standard InChI is InChI=1S/C24H21FN4O2/c1-14-21(12-26-15(2)27-14)31-13-24(16-6-5-7-17(25)10-16)11-19(24)22-28-20-9-4-3-8-18(20)23(30)29-22/h3-10,12,19H,11,13H2,1-2H3,(H,28,29,30)/t19-,24+/m0/s1. The van der Waals surface area contributed by atoms with Crippen LogP contribution in [0.3, 0.4) is 0 Å². The first-order valence-corrected chi connectivity index (χ1v) is 10.1. The Balaban J connectivity index is 1.53. The highest BCUT2D eigenvalue weighted by molar-refractivity contribution is 5.77. The number of hydrogen-bond acceptors (Lipinski definition) is 5. The fraction of sp³-hybridized carbons (Fsp3) is 0.250. The van der Waals surface area contributed by atoms with Gasteiger partial charge in [-0.25, -0.2) is 14.4 Å². The second kappa shape index (κ2) is 7.27. The van der Waals surface area contributed by atoms with Gasteiger partial charge in [-0.15, -0.1) is 0 Å². The number of aromatic amines is 1. The Morgan fingerprint density at radius 3 is 2.81 bits per heavy atom. The highest BCUT2D eigenvalue weighted by Crippen LogP contribution is 2.59. The molecule has 0 spiro atoms. The Bertz CT molecular complexity index is 1350. The first-order valence-electron chi connectivity index (χ1n) is 10.1. The number of halogens is 1. The average Bonchev–Trinajstić information content (AvgIpc) is 3.49. The highest BCUT2D eigenvalue weighted by Gasteiger charge is 2.58. The Kier molecular flexibility index (Phi) is 4.54. The lowest BCUT2D eigenvalue weighted by molar-refractivity contribution is 0.269. The molecule has 4 aromatic rings. The molecule has 1 aliphatic carbocycles. The molecule has 0 radical (unpaired) electrons. The minimum Gasteiger partial charge on any atom is -0.489 e. The van der Waals surface area contributed by atoms with Crippen molar-refractivity contribution in [3.63, 3.8) is 0 Å². The second-order valence-electron chi connectivity index (χ2n) is 8.05. The van der Waals surface area contributed by atoms with E-state index in [1.165, 1.54) is 12.1 Å². The Morgan fingerprint density at radius 2 is 2.00 bits per heavy atom. The fourth-order valence-electron chi connectivity index (χ4n) is 4.22. The van der Waals surface area contributed by atoms with Gasteiger partial charge in [0.1, 0.15) is 17.5 Å². The van der Waals surface area contributed by atoms with Gasteiger partial charge in [0, 0.05) is 11.3 Å². The summed E-state index contributed by atoms with van der Waals surface area (Å²) in [5.41, 5.74) is 1.53. The van der Waals surface area contributed by atoms with Crippen LogP contribution in [0, 0.1) is 19.7 Å². The van der Waals surface area contributed by atoms with Crippen molar-refractivity contribution in [3.05, 3.63) is 93.8 Å². The number of rotatable bonds is 5. The van der Waals surface area contributed by atoms with Crippen molar-refractivity contribution in [2.75, 3.05) is 6.61 Å². The lowest BCUT2D eigenvalue weighted by Crippen LogP contribution is -2.22. The summed E-state index contributed by atoms with van der Waals surface area (Å²) >= 11 is 0. The minimum absolute atomic E-state index is 0.0988. The molecule has 0 unspecified atom stereocenters. The summed E-state index contributed by atoms with van der Waals surface area (Å²) in [6.07, 6.45) is 2.34. The molecule has 2 atom stereocenters. The lowest BCUT2D eigenvalue weighted by atomic mass is 9.93. The molecule has 1 fully saturated rings. The van der Waals surface area contributed by atoms with Crippen molar-refractivity contribution in [1.29, 1.82) is 0 Å². The molecule has 0 bridgehead atoms. The van der Waals surface area contributed by atoms with E-state index < -0.39 is 5.41 Å². The summed E-state index contributed by atoms with van der Waals surface area (Å²) in [7, 11) is 0. The van der Waals surface area contributed by atoms with E-state index in [0.717, 1.165) is 16.8 Å². The van der Waals surface area contributed by atoms with E-state index in [0.29, 0.717) is 35.8 Å². The molecule has 0 saturated heterocycles. The number of aryl methyl sites for hydroxylation is 2. The van der Waals surface area contributed by atoms with Gasteiger partial charge in [-0.1, -0.05) is 24.3 Å². The smallest absolute Gasteiger partial charge is 0.280 e. The molecule has 2 aromatic carbocycles. The topological polar surface area (TPSA) is 80.8 Å². The third-order valence-electron chi connectivity index (χ3n) is 5.99. The summed E-state index contributed by atoms with van der Waals surface area (Å²) in [5.74, 6) is 1.45. The third-order valence-corrected chi connectivity index (χ3v) is 5.99. The highest BCUT2D eigenvalue weighted by atomic mass is 19.1. The van der Waals surface area contributed by atoms with Crippen LogP contribution in [0.2, 0.25) is 0 Å². The molecule has 156 valence electrons. The predicted octanol–water partition coefficient (Wildman–Crippen LogP) is 3.97. The van der Waals surface area contributed by atoms with E-state index in [9.17, 15) is 9.18 Å². The first-order chi connectivity index (χ1) is 15.0. The Morgan fingerprint density at radius 1 is 1.16 bits per heavy atom. The number of H-pyrrole nitrogens is 1. The number of benzene rings is 2. The number of nitrogens with one attached hydrogen (secondary N) is 1. The van der Waals surface area contributed by atoms with E-state index in [4.69, 9.17) is 4.74 Å². The van der Waals surface area contributed by atoms with Crippen molar-refractivity contribution < 1.29 is 9.13 Å². The zero-order valence-electron chi connectivity index (χ0n) is 17.2. The zero-order chi connectivity index (χ0) is 21.6. The van der Waals surface area contributed by atoms with Crippen LogP contribution in [0.1, 0.15) is 35.2 Å². The molecule has 5 rings (SSSR count). The molecule has 1 N–H and O–H groups in total. The van der Waals surface area contributed by atoms with Crippen molar-refractivity contribution in [1.82, 2.24) is 19.9 Å². The maximum Gasteiger partial charge on any atom is 0.280 e. The maximum absolute atomic E-state index is 14.1. The number of aromatic nitrogens is 4. The van der Waals surface area contributed by atoms with Crippen molar-refractivity contribution >= 4 is 10.9 Å². The van der Waals surface area contributed by atoms with E-state index in [2.05, 4.69) is 19.9 Å². The van der Waals surface area contributed by atoms with Crippen molar-refractivity contribution in [3.8, 4) is 5.75 Å². The SMILES string of the molecule is Cc1ncc(OC[C@@]2(c3cccc(F)c3)C[C@H]2c2nc(=O)c3ccccc3[nH]2)c(C)n1. The van der Waals surface area contributed by atoms with Gasteiger partial charge in [0.2, 0.25) is 0 Å². The van der Waals surface area contributed by atoms with E-state index in [-0.39, 0.29) is 17.3 Å². The molecule has 1 aliphatic rings. The first kappa shape index (κ1) is 19.4. The average molecular weight is 416 g/mol. The quantitative estimate of drug-likeness (QED) is 0.532. The largest absolute Gasteiger partial charge is 0.489 e. The van der Waals surface area contributed by atoms with Gasteiger partial charge in [-0.05, 0) is 50.1 Å². The summed E-state index contributed by atoms with van der Waals surface area (Å²) in [5, 5.41) is 0.548. The molecular weight excluding hydrogens is 395 g/mol. The predicted molar refractivity (Wildman–Crippen MR) is 115 cm³/mol. The molecule has 1 saturated carbocycles. The zero-order valence-corrected chi connectivity index (χ0v) is 17.2. The van der Waals surface area contributed by atoms with Crippen LogP contribution in [0.15, 0.2) is 59.5 Å². The molecule has 6 nitrogen and oxygen atoms in total. The van der Waals surface area contributed by atoms with Crippen LogP contribution in [0.4, 0.5) is 4.39 Å². The van der Waals surface area contributed by atoms with Gasteiger partial charge in [-0.2, -0.15) is 4.98 Å². The van der Waals surface area contributed by atoms with Crippen molar-refractivity contribution in [2.45, 2.75) is 31.6 Å². The van der Waals surface area contributed by atoms with E-state index in [1.54, 1.807) is 18.3 Å². The lowest BCUT2D eigenvalue weighted by Gasteiger charge is -2.20. The molecule has 2 aromatic heterocycles. The van der Waals surface area contributed by atoms with Crippen molar-refractivity contribution in [2.24, 2.45) is 0 Å². The number of fused-ring (bicyclic) bond motifs is 1. The van der Waals surface area contributed by atoms with Crippen LogP contribution in [-0.4, -0.2) is 26.5 Å². The number of hydrogen-bond donors (Lipinski definition) is 1. The van der Waals surface area contributed by atoms with Crippen LogP contribution in [0.5, 0.6) is 5.75 Å². The summed E-state index contributed by atoms with van der Waals surface area (Å²) < 4.78 is 20.2. The van der Waals surface area contributed by atoms with Crippen LogP contribution in [0.25, 0.3) is 10.9 Å². The number of ether oxygens (including phenoxy) is 1. The van der Waals surface area contributed by atoms with Gasteiger partial charge < -0.3 is 9.72 Å². The van der Waals surface area contributed by atoms with Crippen LogP contribution < -0.4 is 10.3 Å². The van der Waals surface area contributed by atoms with Gasteiger partial charge >= 0.3 is 0 Å². The van der Waals surface area contributed by atoms with Gasteiger partial charge in [0.05, 0.1) is 29.4 Å². The Hall–Kier alpha value is -3.61. The molecule has 0 aliphatic heterocycles. The van der Waals surface area contributed by atoms with Crippen LogP contribution >= 0.6 is 0 Å². The second-order valence-corrected chi connectivity index (χ2v) is 8.05. The van der Waals surface area contributed by atoms with Gasteiger partial charge in [0.25, 0.3) is 5.56 Å². The maximum atomic E-state index is 14.1. The summed E-state index contributed by atoms with van der Waals surface area (Å²) in [6.45, 7) is 3.99. The normalized spacial score (nSPS) is 20.0. The molecule has 0 amide bonds. The van der Waals surface area contributed by atoms with E-state index in [1.807, 2.05) is 38.1 Å². The number of para-hydroxylation sites is 1.